The molecule has 0 bridgehead atoms. The Kier molecular flexibility index (Phi) is 5.39. The molecule has 0 aromatic rings. The Hall–Kier alpha value is -1.06. The molecule has 0 saturated heterocycles. The molecule has 3 unspecified atom stereocenters. The van der Waals surface area contributed by atoms with Gasteiger partial charge >= 0.3 is 5.97 Å². The number of aliphatic carboxylic acids is 1. The zero-order chi connectivity index (χ0) is 14.7. The van der Waals surface area contributed by atoms with E-state index in [9.17, 15) is 14.7 Å². The summed E-state index contributed by atoms with van der Waals surface area (Å²) in [5.41, 5.74) is 0. The molecule has 0 spiro atoms. The predicted molar refractivity (Wildman–Crippen MR) is 74.7 cm³/mol. The van der Waals surface area contributed by atoms with Crippen molar-refractivity contribution in [3.05, 3.63) is 0 Å². The molecule has 4 nitrogen and oxygen atoms in total. The van der Waals surface area contributed by atoms with Crippen LogP contribution < -0.4 is 0 Å². The van der Waals surface area contributed by atoms with Crippen molar-refractivity contribution in [3.63, 3.8) is 0 Å². The van der Waals surface area contributed by atoms with Crippen molar-refractivity contribution in [2.45, 2.75) is 40.0 Å². The summed E-state index contributed by atoms with van der Waals surface area (Å²) in [6.45, 7) is 6.46. The maximum Gasteiger partial charge on any atom is 0.307 e. The molecule has 0 aromatic carbocycles. The van der Waals surface area contributed by atoms with Gasteiger partial charge in [-0.3, -0.25) is 9.59 Å². The third-order valence-electron chi connectivity index (χ3n) is 4.91. The van der Waals surface area contributed by atoms with Gasteiger partial charge in [-0.25, -0.2) is 0 Å². The number of nitrogens with zero attached hydrogens (tertiary/aromatic N) is 1. The fraction of sp³-hybridized carbons (Fsp3) is 0.867. The predicted octanol–water partition coefficient (Wildman–Crippen LogP) is 2.48. The molecule has 1 amide bonds. The van der Waals surface area contributed by atoms with E-state index in [4.69, 9.17) is 0 Å². The van der Waals surface area contributed by atoms with Gasteiger partial charge in [0.15, 0.2) is 0 Å². The van der Waals surface area contributed by atoms with Gasteiger partial charge in [-0.2, -0.15) is 0 Å². The van der Waals surface area contributed by atoms with Crippen LogP contribution in [0, 0.1) is 29.6 Å². The van der Waals surface area contributed by atoms with Gasteiger partial charge in [-0.05, 0) is 23.7 Å². The minimum atomic E-state index is -0.826. The average molecular weight is 269 g/mol. The highest BCUT2D eigenvalue weighted by Gasteiger charge is 2.41. The average Bonchev–Trinajstić information content (AvgIpc) is 2.32. The van der Waals surface area contributed by atoms with Crippen LogP contribution in [-0.2, 0) is 9.59 Å². The molecule has 1 rings (SSSR count). The second-order valence-electron chi connectivity index (χ2n) is 6.41. The van der Waals surface area contributed by atoms with Crippen LogP contribution in [0.2, 0.25) is 0 Å². The van der Waals surface area contributed by atoms with E-state index in [1.807, 2.05) is 0 Å². The number of rotatable bonds is 4. The van der Waals surface area contributed by atoms with Crippen LogP contribution in [0.3, 0.4) is 0 Å². The maximum atomic E-state index is 11.9. The summed E-state index contributed by atoms with van der Waals surface area (Å²) in [4.78, 5) is 24.9. The molecule has 1 aliphatic rings. The van der Waals surface area contributed by atoms with E-state index in [2.05, 4.69) is 20.8 Å². The molecule has 1 N–H and O–H groups in total. The summed E-state index contributed by atoms with van der Waals surface area (Å²) >= 11 is 0. The van der Waals surface area contributed by atoms with Gasteiger partial charge in [0.2, 0.25) is 5.91 Å². The number of hydrogen-bond acceptors (Lipinski definition) is 2. The van der Waals surface area contributed by atoms with Gasteiger partial charge in [0.1, 0.15) is 0 Å². The van der Waals surface area contributed by atoms with Crippen molar-refractivity contribution in [2.75, 3.05) is 14.1 Å². The molecule has 0 heterocycles. The molecule has 0 radical (unpaired) electrons. The fourth-order valence-electron chi connectivity index (χ4n) is 3.40. The molecule has 19 heavy (non-hydrogen) atoms. The SMILES string of the molecule is CC1CCC(C)[C@@H]([C@H](CC(=O)N(C)C)C(=O)O)C1C. The number of carboxylic acid groups (broad SMARTS) is 1. The Morgan fingerprint density at radius 3 is 2.16 bits per heavy atom. The van der Waals surface area contributed by atoms with Crippen LogP contribution in [0.1, 0.15) is 40.0 Å². The van der Waals surface area contributed by atoms with Crippen molar-refractivity contribution in [3.8, 4) is 0 Å². The third-order valence-corrected chi connectivity index (χ3v) is 4.91. The number of carbonyl (C=O) groups is 2. The Morgan fingerprint density at radius 2 is 1.68 bits per heavy atom. The summed E-state index contributed by atoms with van der Waals surface area (Å²) in [6, 6.07) is 0. The Bertz CT molecular complexity index is 340. The Labute approximate surface area is 116 Å². The first-order valence-electron chi connectivity index (χ1n) is 7.18. The highest BCUT2D eigenvalue weighted by atomic mass is 16.4. The maximum absolute atomic E-state index is 11.9. The van der Waals surface area contributed by atoms with Gasteiger partial charge in [-0.15, -0.1) is 0 Å². The van der Waals surface area contributed by atoms with E-state index in [-0.39, 0.29) is 18.2 Å². The van der Waals surface area contributed by atoms with Crippen LogP contribution >= 0.6 is 0 Å². The molecule has 1 fully saturated rings. The largest absolute Gasteiger partial charge is 0.481 e. The lowest BCUT2D eigenvalue weighted by Crippen LogP contribution is -2.41. The normalized spacial score (nSPS) is 32.7. The van der Waals surface area contributed by atoms with E-state index in [0.717, 1.165) is 12.8 Å². The van der Waals surface area contributed by atoms with Crippen LogP contribution in [0.5, 0.6) is 0 Å². The molecule has 4 heteroatoms. The van der Waals surface area contributed by atoms with E-state index in [1.165, 1.54) is 4.90 Å². The third kappa shape index (κ3) is 3.71. The Morgan fingerprint density at radius 1 is 1.16 bits per heavy atom. The van der Waals surface area contributed by atoms with Gasteiger partial charge in [0.05, 0.1) is 5.92 Å². The van der Waals surface area contributed by atoms with Crippen molar-refractivity contribution in [1.82, 2.24) is 4.90 Å². The second kappa shape index (κ2) is 6.40. The van der Waals surface area contributed by atoms with Crippen LogP contribution in [0.15, 0.2) is 0 Å². The molecular weight excluding hydrogens is 242 g/mol. The molecule has 110 valence electrons. The minimum absolute atomic E-state index is 0.0926. The smallest absolute Gasteiger partial charge is 0.307 e. The lowest BCUT2D eigenvalue weighted by molar-refractivity contribution is -0.150. The molecule has 0 aliphatic heterocycles. The van der Waals surface area contributed by atoms with E-state index in [1.54, 1.807) is 14.1 Å². The molecule has 0 aromatic heterocycles. The molecule has 1 saturated carbocycles. The first-order valence-corrected chi connectivity index (χ1v) is 7.18. The van der Waals surface area contributed by atoms with Crippen molar-refractivity contribution >= 4 is 11.9 Å². The van der Waals surface area contributed by atoms with E-state index in [0.29, 0.717) is 17.8 Å². The standard InChI is InChI=1S/C15H27NO3/c1-9-6-7-10(2)14(11(9)3)12(15(18)19)8-13(17)16(4)5/h9-12,14H,6-8H2,1-5H3,(H,18,19)/t9?,10?,11?,12-,14+/m0/s1. The summed E-state index contributed by atoms with van der Waals surface area (Å²) in [7, 11) is 3.36. The first kappa shape index (κ1) is 16.0. The van der Waals surface area contributed by atoms with Crippen molar-refractivity contribution in [1.29, 1.82) is 0 Å². The van der Waals surface area contributed by atoms with Crippen LogP contribution in [0.4, 0.5) is 0 Å². The number of amides is 1. The van der Waals surface area contributed by atoms with Gasteiger partial charge in [0, 0.05) is 20.5 Å². The van der Waals surface area contributed by atoms with Gasteiger partial charge in [0.25, 0.3) is 0 Å². The zero-order valence-electron chi connectivity index (χ0n) is 12.7. The van der Waals surface area contributed by atoms with Gasteiger partial charge in [-0.1, -0.05) is 33.6 Å². The van der Waals surface area contributed by atoms with Crippen LogP contribution in [-0.4, -0.2) is 36.0 Å². The molecule has 5 atom stereocenters. The molecule has 1 aliphatic carbocycles. The number of hydrogen-bond donors (Lipinski definition) is 1. The van der Waals surface area contributed by atoms with Crippen molar-refractivity contribution < 1.29 is 14.7 Å². The quantitative estimate of drug-likeness (QED) is 0.853. The monoisotopic (exact) mass is 269 g/mol. The zero-order valence-corrected chi connectivity index (χ0v) is 12.7. The van der Waals surface area contributed by atoms with E-state index >= 15 is 0 Å². The molecular formula is C15H27NO3. The topological polar surface area (TPSA) is 57.6 Å². The van der Waals surface area contributed by atoms with Crippen molar-refractivity contribution in [2.24, 2.45) is 29.6 Å². The lowest BCUT2D eigenvalue weighted by Gasteiger charge is -2.42. The highest BCUT2D eigenvalue weighted by Crippen LogP contribution is 2.43. The van der Waals surface area contributed by atoms with Crippen LogP contribution in [0.25, 0.3) is 0 Å². The first-order chi connectivity index (χ1) is 8.75. The highest BCUT2D eigenvalue weighted by molar-refractivity contribution is 5.82. The Balaban J connectivity index is 2.90. The number of carboxylic acids is 1. The van der Waals surface area contributed by atoms with E-state index < -0.39 is 11.9 Å². The summed E-state index contributed by atoms with van der Waals surface area (Å²) in [5.74, 6) is -0.0922. The summed E-state index contributed by atoms with van der Waals surface area (Å²) in [6.07, 6.45) is 2.34. The second-order valence-corrected chi connectivity index (χ2v) is 6.41. The van der Waals surface area contributed by atoms with Gasteiger partial charge < -0.3 is 10.0 Å². The number of carbonyl (C=O) groups excluding carboxylic acids is 1. The summed E-state index contributed by atoms with van der Waals surface area (Å²) < 4.78 is 0. The summed E-state index contributed by atoms with van der Waals surface area (Å²) in [5, 5.41) is 9.51. The fourth-order valence-corrected chi connectivity index (χ4v) is 3.40. The lowest BCUT2D eigenvalue weighted by atomic mass is 9.63. The minimum Gasteiger partial charge on any atom is -0.481 e.